The van der Waals surface area contributed by atoms with E-state index in [0.29, 0.717) is 0 Å². The minimum absolute atomic E-state index is 0.0612. The Hall–Kier alpha value is -3.32. The van der Waals surface area contributed by atoms with E-state index in [1.54, 1.807) is 18.2 Å². The zero-order chi connectivity index (χ0) is 25.7. The molecule has 0 aliphatic carbocycles. The molecule has 8 heteroatoms. The Morgan fingerprint density at radius 1 is 0.944 bits per heavy atom. The first kappa shape index (κ1) is 25.8. The molecule has 0 bridgehead atoms. The molecule has 1 heterocycles. The Bertz CT molecular complexity index is 1250. The van der Waals surface area contributed by atoms with Crippen LogP contribution in [0.25, 0.3) is 5.57 Å². The Kier molecular flexibility index (Phi) is 8.31. The van der Waals surface area contributed by atoms with Crippen molar-refractivity contribution in [2.75, 3.05) is 13.1 Å². The van der Waals surface area contributed by atoms with Gasteiger partial charge in [0.2, 0.25) is 0 Å². The summed E-state index contributed by atoms with van der Waals surface area (Å²) in [5.41, 5.74) is 4.36. The first-order chi connectivity index (χ1) is 17.3. The van der Waals surface area contributed by atoms with Crippen molar-refractivity contribution < 1.29 is 19.8 Å². The van der Waals surface area contributed by atoms with Crippen LogP contribution in [0.15, 0.2) is 72.8 Å². The predicted octanol–water partition coefficient (Wildman–Crippen LogP) is 5.41. The molecule has 4 rings (SSSR count). The largest absolute Gasteiger partial charge is 0.508 e. The van der Waals surface area contributed by atoms with E-state index in [2.05, 4.69) is 16.3 Å². The second kappa shape index (κ2) is 11.6. The lowest BCUT2D eigenvalue weighted by atomic mass is 9.96. The molecule has 1 atom stereocenters. The second-order valence-electron chi connectivity index (χ2n) is 8.74. The number of rotatable bonds is 8. The molecule has 0 saturated carbocycles. The summed E-state index contributed by atoms with van der Waals surface area (Å²) in [6, 6.07) is 18.6. The minimum atomic E-state index is -1.14. The summed E-state index contributed by atoms with van der Waals surface area (Å²) in [7, 11) is 0. The van der Waals surface area contributed by atoms with Gasteiger partial charge in [-0.05, 0) is 52.9 Å². The molecule has 3 aromatic rings. The molecule has 0 fully saturated rings. The number of carboxylic acids is 1. The Balaban J connectivity index is 1.37. The van der Waals surface area contributed by atoms with Gasteiger partial charge in [-0.25, -0.2) is 4.79 Å². The summed E-state index contributed by atoms with van der Waals surface area (Å²) in [6.45, 7) is 2.58. The quantitative estimate of drug-likeness (QED) is 0.366. The van der Waals surface area contributed by atoms with Crippen LogP contribution in [0.5, 0.6) is 5.75 Å². The highest BCUT2D eigenvalue weighted by molar-refractivity contribution is 6.39. The van der Waals surface area contributed by atoms with Crippen LogP contribution in [0.3, 0.4) is 0 Å². The number of hydrogen-bond acceptors (Lipinski definition) is 4. The van der Waals surface area contributed by atoms with Gasteiger partial charge >= 0.3 is 5.97 Å². The third kappa shape index (κ3) is 6.46. The smallest absolute Gasteiger partial charge is 0.326 e. The molecule has 0 radical (unpaired) electrons. The van der Waals surface area contributed by atoms with Crippen molar-refractivity contribution in [1.82, 2.24) is 10.2 Å². The normalized spacial score (nSPS) is 14.7. The number of carboxylic acid groups (broad SMARTS) is 1. The van der Waals surface area contributed by atoms with E-state index in [1.165, 1.54) is 17.7 Å². The van der Waals surface area contributed by atoms with Gasteiger partial charge < -0.3 is 15.5 Å². The van der Waals surface area contributed by atoms with Crippen LogP contribution in [0.2, 0.25) is 10.0 Å². The van der Waals surface area contributed by atoms with Crippen molar-refractivity contribution in [1.29, 1.82) is 0 Å². The van der Waals surface area contributed by atoms with Crippen molar-refractivity contribution in [3.63, 3.8) is 0 Å². The van der Waals surface area contributed by atoms with Crippen molar-refractivity contribution in [2.45, 2.75) is 25.4 Å². The van der Waals surface area contributed by atoms with Crippen LogP contribution in [-0.4, -0.2) is 46.1 Å². The van der Waals surface area contributed by atoms with Gasteiger partial charge in [0.25, 0.3) is 5.91 Å². The lowest BCUT2D eigenvalue weighted by Gasteiger charge is -2.26. The number of benzene rings is 3. The van der Waals surface area contributed by atoms with Gasteiger partial charge in [0.15, 0.2) is 0 Å². The first-order valence-electron chi connectivity index (χ1n) is 11.6. The summed E-state index contributed by atoms with van der Waals surface area (Å²) < 4.78 is 0. The maximum Gasteiger partial charge on any atom is 0.326 e. The fourth-order valence-electron chi connectivity index (χ4n) is 4.21. The number of nitrogens with one attached hydrogen (secondary N) is 1. The zero-order valence-electron chi connectivity index (χ0n) is 19.5. The van der Waals surface area contributed by atoms with Crippen molar-refractivity contribution in [2.24, 2.45) is 0 Å². The number of hydrogen-bond donors (Lipinski definition) is 3. The molecule has 6 nitrogen and oxygen atoms in total. The number of aromatic hydroxyl groups is 1. The summed E-state index contributed by atoms with van der Waals surface area (Å²) in [5.74, 6) is -1.50. The minimum Gasteiger partial charge on any atom is -0.508 e. The van der Waals surface area contributed by atoms with Crippen molar-refractivity contribution in [3.05, 3.63) is 105 Å². The lowest BCUT2D eigenvalue weighted by molar-refractivity contribution is -0.139. The molecule has 0 saturated heterocycles. The number of aliphatic carboxylic acids is 1. The maximum absolute atomic E-state index is 12.6. The fraction of sp³-hybridized carbons (Fsp3) is 0.214. The van der Waals surface area contributed by atoms with E-state index in [1.807, 2.05) is 36.4 Å². The summed E-state index contributed by atoms with van der Waals surface area (Å²) in [4.78, 5) is 26.8. The summed E-state index contributed by atoms with van der Waals surface area (Å²) in [5, 5.41) is 22.0. The van der Waals surface area contributed by atoms with Gasteiger partial charge in [-0.1, -0.05) is 71.7 Å². The van der Waals surface area contributed by atoms with E-state index in [-0.39, 0.29) is 27.8 Å². The van der Waals surface area contributed by atoms with Gasteiger partial charge in [0.05, 0.1) is 15.6 Å². The highest BCUT2D eigenvalue weighted by atomic mass is 35.5. The maximum atomic E-state index is 12.6. The molecule has 36 heavy (non-hydrogen) atoms. The monoisotopic (exact) mass is 524 g/mol. The molecule has 1 amide bonds. The molecule has 186 valence electrons. The van der Waals surface area contributed by atoms with Crippen molar-refractivity contribution in [3.8, 4) is 5.75 Å². The third-order valence-corrected chi connectivity index (χ3v) is 6.82. The van der Waals surface area contributed by atoms with Gasteiger partial charge in [-0.2, -0.15) is 0 Å². The number of phenols is 1. The second-order valence-corrected chi connectivity index (χ2v) is 9.56. The van der Waals surface area contributed by atoms with Crippen LogP contribution in [0.4, 0.5) is 0 Å². The summed E-state index contributed by atoms with van der Waals surface area (Å²) in [6.07, 6.45) is 3.25. The van der Waals surface area contributed by atoms with Crippen LogP contribution in [-0.2, 0) is 17.8 Å². The number of amides is 1. The van der Waals surface area contributed by atoms with Crippen LogP contribution < -0.4 is 5.32 Å². The van der Waals surface area contributed by atoms with Crippen LogP contribution >= 0.6 is 23.2 Å². The van der Waals surface area contributed by atoms with E-state index >= 15 is 0 Å². The number of halogens is 2. The number of nitrogens with zero attached hydrogens (tertiary/aromatic N) is 1. The van der Waals surface area contributed by atoms with Crippen LogP contribution in [0, 0.1) is 0 Å². The van der Waals surface area contributed by atoms with Crippen molar-refractivity contribution >= 4 is 40.7 Å². The van der Waals surface area contributed by atoms with E-state index in [0.717, 1.165) is 42.7 Å². The molecule has 3 N–H and O–H groups in total. The lowest BCUT2D eigenvalue weighted by Crippen LogP contribution is -2.42. The molecule has 1 aliphatic rings. The number of carbonyl (C=O) groups excluding carboxylic acids is 1. The number of phenolic OH excluding ortho intramolecular Hbond substituents is 1. The molecule has 0 unspecified atom stereocenters. The SMILES string of the molecule is O=C(N[C@@H](Cc1ccc(C2=CCN(Cc3ccc(O)cc3)CC2)cc1)C(=O)O)c1c(Cl)cccc1Cl. The van der Waals surface area contributed by atoms with Gasteiger partial charge in [-0.15, -0.1) is 0 Å². The fourth-order valence-corrected chi connectivity index (χ4v) is 4.78. The van der Waals surface area contributed by atoms with Gasteiger partial charge in [0.1, 0.15) is 11.8 Å². The van der Waals surface area contributed by atoms with E-state index < -0.39 is 17.9 Å². The molecular weight excluding hydrogens is 499 g/mol. The highest BCUT2D eigenvalue weighted by Gasteiger charge is 2.24. The predicted molar refractivity (Wildman–Crippen MR) is 141 cm³/mol. The van der Waals surface area contributed by atoms with E-state index in [4.69, 9.17) is 23.2 Å². The highest BCUT2D eigenvalue weighted by Crippen LogP contribution is 2.26. The van der Waals surface area contributed by atoms with Gasteiger partial charge in [0, 0.05) is 26.1 Å². The Morgan fingerprint density at radius 3 is 2.17 bits per heavy atom. The molecular formula is C28H26Cl2N2O4. The van der Waals surface area contributed by atoms with E-state index in [9.17, 15) is 19.8 Å². The summed E-state index contributed by atoms with van der Waals surface area (Å²) >= 11 is 12.2. The number of carbonyl (C=O) groups is 2. The Labute approximate surface area is 219 Å². The zero-order valence-corrected chi connectivity index (χ0v) is 21.0. The average molecular weight is 525 g/mol. The standard InChI is InChI=1S/C28H26Cl2N2O4/c29-23-2-1-3-24(30)26(23)27(34)31-25(28(35)36)16-18-4-8-20(9-5-18)21-12-14-32(15-13-21)17-19-6-10-22(33)11-7-19/h1-12,25,33H,13-17H2,(H,31,34)(H,35,36)/t25-/m0/s1. The molecule has 1 aliphatic heterocycles. The molecule has 0 spiro atoms. The van der Waals surface area contributed by atoms with Gasteiger partial charge in [-0.3, -0.25) is 9.69 Å². The average Bonchev–Trinajstić information content (AvgIpc) is 2.86. The third-order valence-electron chi connectivity index (χ3n) is 6.19. The Morgan fingerprint density at radius 2 is 1.58 bits per heavy atom. The first-order valence-corrected chi connectivity index (χ1v) is 12.3. The molecule has 3 aromatic carbocycles. The molecule has 0 aromatic heterocycles. The van der Waals surface area contributed by atoms with Crippen LogP contribution in [0.1, 0.15) is 33.5 Å². The topological polar surface area (TPSA) is 89.9 Å².